The summed E-state index contributed by atoms with van der Waals surface area (Å²) in [5.41, 5.74) is 7.07. The Balaban J connectivity index is 1.81. The van der Waals surface area contributed by atoms with E-state index in [0.717, 1.165) is 16.5 Å². The summed E-state index contributed by atoms with van der Waals surface area (Å²) in [6.07, 6.45) is 13.1. The van der Waals surface area contributed by atoms with Crippen LogP contribution in [0.2, 0.25) is 0 Å². The first kappa shape index (κ1) is 18.4. The number of amides is 1. The average Bonchev–Trinajstić information content (AvgIpc) is 2.74. The fourth-order valence-electron chi connectivity index (χ4n) is 5.08. The maximum atomic E-state index is 12.0. The largest absolute Gasteiger partial charge is 0.294 e. The van der Waals surface area contributed by atoms with E-state index in [4.69, 9.17) is 10.8 Å². The van der Waals surface area contributed by atoms with Gasteiger partial charge in [-0.15, -0.1) is 0 Å². The molecule has 2 saturated carbocycles. The summed E-state index contributed by atoms with van der Waals surface area (Å²) >= 11 is 0. The lowest BCUT2D eigenvalue weighted by Gasteiger charge is -2.25. The average molecular weight is 366 g/mol. The molecule has 0 saturated heterocycles. The lowest BCUT2D eigenvalue weighted by molar-refractivity contribution is -0.120. The van der Waals surface area contributed by atoms with Crippen LogP contribution >= 0.6 is 0 Å². The van der Waals surface area contributed by atoms with Crippen molar-refractivity contribution in [3.8, 4) is 0 Å². The summed E-state index contributed by atoms with van der Waals surface area (Å²) < 4.78 is 0. The second-order valence-corrected chi connectivity index (χ2v) is 8.36. The highest BCUT2D eigenvalue weighted by Crippen LogP contribution is 2.38. The predicted octanol–water partition coefficient (Wildman–Crippen LogP) is 4.86. The van der Waals surface area contributed by atoms with Crippen molar-refractivity contribution in [1.29, 1.82) is 0 Å². The zero-order chi connectivity index (χ0) is 18.6. The third-order valence-corrected chi connectivity index (χ3v) is 6.56. The van der Waals surface area contributed by atoms with Crippen molar-refractivity contribution in [2.75, 3.05) is 0 Å². The molecule has 0 spiro atoms. The Bertz CT molecular complexity index is 805. The molecule has 27 heavy (non-hydrogen) atoms. The van der Waals surface area contributed by atoms with Crippen LogP contribution in [0.5, 0.6) is 0 Å². The van der Waals surface area contributed by atoms with E-state index in [9.17, 15) is 4.79 Å². The first-order chi connectivity index (χ1) is 13.3. The molecule has 1 aromatic carbocycles. The summed E-state index contributed by atoms with van der Waals surface area (Å²) in [7, 11) is 0. The molecule has 1 aromatic heterocycles. The van der Waals surface area contributed by atoms with Crippen LogP contribution < -0.4 is 11.3 Å². The normalized spacial score (nSPS) is 19.3. The summed E-state index contributed by atoms with van der Waals surface area (Å²) in [5.74, 6) is 6.37. The molecule has 4 rings (SSSR count). The Morgan fingerprint density at radius 1 is 1.00 bits per heavy atom. The number of benzene rings is 1. The predicted molar refractivity (Wildman–Crippen MR) is 109 cm³/mol. The van der Waals surface area contributed by atoms with Crippen LogP contribution in [-0.4, -0.2) is 10.9 Å². The number of nitrogens with zero attached hydrogens (tertiary/aromatic N) is 1. The van der Waals surface area contributed by atoms with E-state index in [1.54, 1.807) is 0 Å². The fraction of sp³-hybridized carbons (Fsp3) is 0.565. The number of fused-ring (bicyclic) bond motifs is 1. The standard InChI is InChI=1S/C23H31N3O/c24-26-22(27)15-18-14-21(17-10-5-2-6-11-17)25-23-19(12-7-13-20(18)23)16-8-3-1-4-9-16/h7,12-14,16-17H,1-6,8-11,15,24H2,(H,26,27). The number of hydrazine groups is 1. The van der Waals surface area contributed by atoms with E-state index in [0.29, 0.717) is 18.3 Å². The van der Waals surface area contributed by atoms with Crippen LogP contribution in [0.1, 0.15) is 92.9 Å². The quantitative estimate of drug-likeness (QED) is 0.462. The van der Waals surface area contributed by atoms with E-state index >= 15 is 0 Å². The molecular weight excluding hydrogens is 334 g/mol. The molecular formula is C23H31N3O. The topological polar surface area (TPSA) is 68.0 Å². The molecule has 2 aromatic rings. The van der Waals surface area contributed by atoms with Gasteiger partial charge >= 0.3 is 0 Å². The number of nitrogens with one attached hydrogen (secondary N) is 1. The molecule has 1 amide bonds. The number of carbonyl (C=O) groups is 1. The molecule has 3 N–H and O–H groups in total. The Morgan fingerprint density at radius 2 is 1.67 bits per heavy atom. The summed E-state index contributed by atoms with van der Waals surface area (Å²) in [4.78, 5) is 17.2. The Morgan fingerprint density at radius 3 is 2.33 bits per heavy atom. The number of nitrogens with two attached hydrogens (primary N) is 1. The van der Waals surface area contributed by atoms with Crippen LogP contribution in [0.15, 0.2) is 24.3 Å². The number of hydrogen-bond acceptors (Lipinski definition) is 3. The fourth-order valence-corrected chi connectivity index (χ4v) is 5.08. The molecule has 2 aliphatic rings. The Labute approximate surface area is 161 Å². The number of pyridine rings is 1. The highest BCUT2D eigenvalue weighted by Gasteiger charge is 2.23. The van der Waals surface area contributed by atoms with Crippen LogP contribution in [0.3, 0.4) is 0 Å². The lowest BCUT2D eigenvalue weighted by atomic mass is 9.82. The molecule has 0 atom stereocenters. The van der Waals surface area contributed by atoms with E-state index in [2.05, 4.69) is 29.7 Å². The highest BCUT2D eigenvalue weighted by molar-refractivity contribution is 5.90. The van der Waals surface area contributed by atoms with Crippen LogP contribution in [0.25, 0.3) is 10.9 Å². The Kier molecular flexibility index (Phi) is 5.72. The molecule has 0 unspecified atom stereocenters. The van der Waals surface area contributed by atoms with Gasteiger partial charge < -0.3 is 0 Å². The van der Waals surface area contributed by atoms with E-state index in [1.165, 1.54) is 75.5 Å². The zero-order valence-corrected chi connectivity index (χ0v) is 16.2. The van der Waals surface area contributed by atoms with Gasteiger partial charge in [-0.2, -0.15) is 0 Å². The third kappa shape index (κ3) is 4.01. The minimum atomic E-state index is -0.139. The van der Waals surface area contributed by atoms with Gasteiger partial charge in [0, 0.05) is 17.0 Å². The monoisotopic (exact) mass is 365 g/mol. The van der Waals surface area contributed by atoms with Crippen molar-refractivity contribution in [2.45, 2.75) is 82.5 Å². The van der Waals surface area contributed by atoms with Gasteiger partial charge in [0.05, 0.1) is 11.9 Å². The molecule has 4 heteroatoms. The van der Waals surface area contributed by atoms with E-state index in [-0.39, 0.29) is 5.91 Å². The van der Waals surface area contributed by atoms with Crippen LogP contribution in [-0.2, 0) is 11.2 Å². The SMILES string of the molecule is NNC(=O)Cc1cc(C2CCCCC2)nc2c(C3CCCCC3)cccc12. The summed E-state index contributed by atoms with van der Waals surface area (Å²) in [5, 5.41) is 1.13. The number of hydrogen-bond donors (Lipinski definition) is 2. The van der Waals surface area contributed by atoms with Gasteiger partial charge in [-0.1, -0.05) is 56.7 Å². The molecule has 2 fully saturated rings. The lowest BCUT2D eigenvalue weighted by Crippen LogP contribution is -2.31. The Hall–Kier alpha value is -1.94. The van der Waals surface area contributed by atoms with Crippen molar-refractivity contribution in [3.05, 3.63) is 41.1 Å². The van der Waals surface area contributed by atoms with Gasteiger partial charge in [0.1, 0.15) is 0 Å². The summed E-state index contributed by atoms with van der Waals surface area (Å²) in [6, 6.07) is 8.71. The third-order valence-electron chi connectivity index (χ3n) is 6.56. The number of para-hydroxylation sites is 1. The van der Waals surface area contributed by atoms with Gasteiger partial charge in [-0.3, -0.25) is 15.2 Å². The zero-order valence-electron chi connectivity index (χ0n) is 16.2. The van der Waals surface area contributed by atoms with Gasteiger partial charge in [-0.05, 0) is 48.8 Å². The minimum absolute atomic E-state index is 0.139. The highest BCUT2D eigenvalue weighted by atomic mass is 16.2. The first-order valence-corrected chi connectivity index (χ1v) is 10.7. The van der Waals surface area contributed by atoms with Crippen molar-refractivity contribution < 1.29 is 4.79 Å². The van der Waals surface area contributed by atoms with Crippen molar-refractivity contribution in [3.63, 3.8) is 0 Å². The molecule has 144 valence electrons. The number of carbonyl (C=O) groups excluding carboxylic acids is 1. The second kappa shape index (κ2) is 8.39. The number of aromatic nitrogens is 1. The van der Waals surface area contributed by atoms with Gasteiger partial charge in [0.2, 0.25) is 5.91 Å². The van der Waals surface area contributed by atoms with Gasteiger partial charge in [0.15, 0.2) is 0 Å². The minimum Gasteiger partial charge on any atom is -0.294 e. The molecule has 2 aliphatic carbocycles. The number of rotatable bonds is 4. The molecule has 4 nitrogen and oxygen atoms in total. The van der Waals surface area contributed by atoms with Crippen LogP contribution in [0.4, 0.5) is 0 Å². The maximum absolute atomic E-state index is 12.0. The molecule has 1 heterocycles. The van der Waals surface area contributed by atoms with Gasteiger partial charge in [0.25, 0.3) is 0 Å². The van der Waals surface area contributed by atoms with E-state index in [1.807, 2.05) is 0 Å². The molecule has 0 radical (unpaired) electrons. The maximum Gasteiger partial charge on any atom is 0.238 e. The van der Waals surface area contributed by atoms with Crippen molar-refractivity contribution >= 4 is 16.8 Å². The van der Waals surface area contributed by atoms with E-state index < -0.39 is 0 Å². The smallest absolute Gasteiger partial charge is 0.238 e. The molecule has 0 bridgehead atoms. The molecule has 0 aliphatic heterocycles. The van der Waals surface area contributed by atoms with Crippen molar-refractivity contribution in [2.24, 2.45) is 5.84 Å². The van der Waals surface area contributed by atoms with Crippen LogP contribution in [0, 0.1) is 0 Å². The van der Waals surface area contributed by atoms with Gasteiger partial charge in [-0.25, -0.2) is 5.84 Å². The second-order valence-electron chi connectivity index (χ2n) is 8.36. The first-order valence-electron chi connectivity index (χ1n) is 10.7. The van der Waals surface area contributed by atoms with Crippen molar-refractivity contribution in [1.82, 2.24) is 10.4 Å². The summed E-state index contributed by atoms with van der Waals surface area (Å²) in [6.45, 7) is 0.